The first-order valence-electron chi connectivity index (χ1n) is 4.12. The van der Waals surface area contributed by atoms with Crippen molar-refractivity contribution in [1.82, 2.24) is 4.90 Å². The van der Waals surface area contributed by atoms with Gasteiger partial charge in [-0.2, -0.15) is 0 Å². The van der Waals surface area contributed by atoms with E-state index in [9.17, 15) is 9.18 Å². The Morgan fingerprint density at radius 2 is 2.31 bits per heavy atom. The first-order chi connectivity index (χ1) is 6.15. The van der Waals surface area contributed by atoms with E-state index in [2.05, 4.69) is 0 Å². The number of halogens is 1. The Hall–Kier alpha value is -1.32. The Bertz CT molecular complexity index is 246. The topological polar surface area (TPSA) is 46.3 Å². The van der Waals surface area contributed by atoms with Gasteiger partial charge in [-0.1, -0.05) is 0 Å². The van der Waals surface area contributed by atoms with Crippen LogP contribution in [0.15, 0.2) is 24.0 Å². The molecule has 1 aliphatic carbocycles. The number of carbonyl (C=O) groups excluding carboxylic acids is 1. The molecule has 1 amide bonds. The molecule has 0 heterocycles. The standard InChI is InChI=1S/C9H13FN2O/c1-7(11)3-2-4-12(6-13)9-5-8(9)10/h2-4,6,8-9H,5,11H2,1H3/b4-2-,7-3+/t8?,9-/m1/s1. The van der Waals surface area contributed by atoms with Gasteiger partial charge in [0.1, 0.15) is 6.17 Å². The molecule has 0 aromatic heterocycles. The summed E-state index contributed by atoms with van der Waals surface area (Å²) in [6.45, 7) is 1.74. The van der Waals surface area contributed by atoms with Crippen LogP contribution in [0.5, 0.6) is 0 Å². The van der Waals surface area contributed by atoms with Crippen molar-refractivity contribution in [1.29, 1.82) is 0 Å². The van der Waals surface area contributed by atoms with Crippen LogP contribution in [-0.2, 0) is 4.79 Å². The lowest BCUT2D eigenvalue weighted by Gasteiger charge is -2.08. The highest BCUT2D eigenvalue weighted by Gasteiger charge is 2.41. The molecule has 2 N–H and O–H groups in total. The van der Waals surface area contributed by atoms with Crippen LogP contribution in [0.4, 0.5) is 4.39 Å². The van der Waals surface area contributed by atoms with Gasteiger partial charge >= 0.3 is 0 Å². The highest BCUT2D eigenvalue weighted by molar-refractivity contribution is 5.51. The van der Waals surface area contributed by atoms with E-state index in [1.165, 1.54) is 11.1 Å². The summed E-state index contributed by atoms with van der Waals surface area (Å²) >= 11 is 0. The predicted molar refractivity (Wildman–Crippen MR) is 48.3 cm³/mol. The molecular weight excluding hydrogens is 171 g/mol. The number of nitrogens with two attached hydrogens (primary N) is 1. The Morgan fingerprint density at radius 3 is 2.69 bits per heavy atom. The smallest absolute Gasteiger partial charge is 0.214 e. The fourth-order valence-electron chi connectivity index (χ4n) is 0.979. The minimum Gasteiger partial charge on any atom is -0.402 e. The quantitative estimate of drug-likeness (QED) is 0.522. The van der Waals surface area contributed by atoms with Gasteiger partial charge in [0.05, 0.1) is 6.04 Å². The van der Waals surface area contributed by atoms with Gasteiger partial charge < -0.3 is 10.6 Å². The van der Waals surface area contributed by atoms with Crippen molar-refractivity contribution in [2.45, 2.75) is 25.6 Å². The van der Waals surface area contributed by atoms with Crippen molar-refractivity contribution >= 4 is 6.41 Å². The molecule has 1 aliphatic rings. The van der Waals surface area contributed by atoms with Crippen molar-refractivity contribution in [2.24, 2.45) is 5.73 Å². The average Bonchev–Trinajstić information content (AvgIpc) is 2.76. The number of alkyl halides is 1. The van der Waals surface area contributed by atoms with Crippen LogP contribution in [0.2, 0.25) is 0 Å². The molecule has 0 spiro atoms. The van der Waals surface area contributed by atoms with Crippen LogP contribution < -0.4 is 5.73 Å². The van der Waals surface area contributed by atoms with Crippen LogP contribution in [0.1, 0.15) is 13.3 Å². The average molecular weight is 184 g/mol. The second-order valence-corrected chi connectivity index (χ2v) is 3.12. The molecule has 3 nitrogen and oxygen atoms in total. The molecule has 2 atom stereocenters. The second kappa shape index (κ2) is 4.07. The third-order valence-electron chi connectivity index (χ3n) is 1.80. The maximum absolute atomic E-state index is 12.5. The number of rotatable bonds is 4. The van der Waals surface area contributed by atoms with Crippen molar-refractivity contribution in [2.75, 3.05) is 0 Å². The normalized spacial score (nSPS) is 27.7. The van der Waals surface area contributed by atoms with Crippen LogP contribution >= 0.6 is 0 Å². The van der Waals surface area contributed by atoms with Crippen molar-refractivity contribution in [3.8, 4) is 0 Å². The molecule has 4 heteroatoms. The predicted octanol–water partition coefficient (Wildman–Crippen LogP) is 0.931. The first kappa shape index (κ1) is 9.77. The van der Waals surface area contributed by atoms with Crippen LogP contribution in [-0.4, -0.2) is 23.5 Å². The molecule has 1 fully saturated rings. The third kappa shape index (κ3) is 2.89. The molecule has 0 aromatic rings. The molecule has 72 valence electrons. The number of allylic oxidation sites excluding steroid dienone is 3. The largest absolute Gasteiger partial charge is 0.402 e. The molecule has 0 radical (unpaired) electrons. The number of hydrogen-bond donors (Lipinski definition) is 1. The molecule has 0 aromatic carbocycles. The highest BCUT2D eigenvalue weighted by Crippen LogP contribution is 2.30. The van der Waals surface area contributed by atoms with E-state index in [0.717, 1.165) is 0 Å². The van der Waals surface area contributed by atoms with Gasteiger partial charge in [0, 0.05) is 18.3 Å². The molecule has 13 heavy (non-hydrogen) atoms. The molecule has 0 bridgehead atoms. The Morgan fingerprint density at radius 1 is 1.69 bits per heavy atom. The molecule has 1 unspecified atom stereocenters. The van der Waals surface area contributed by atoms with Crippen molar-refractivity contribution in [3.63, 3.8) is 0 Å². The monoisotopic (exact) mass is 184 g/mol. The van der Waals surface area contributed by atoms with E-state index in [0.29, 0.717) is 18.5 Å². The number of nitrogens with zero attached hydrogens (tertiary/aromatic N) is 1. The fourth-order valence-corrected chi connectivity index (χ4v) is 0.979. The van der Waals surface area contributed by atoms with E-state index in [1.54, 1.807) is 19.1 Å². The molecule has 1 rings (SSSR count). The summed E-state index contributed by atoms with van der Waals surface area (Å²) in [6.07, 6.45) is 5.03. The lowest BCUT2D eigenvalue weighted by Crippen LogP contribution is -2.19. The van der Waals surface area contributed by atoms with E-state index in [1.807, 2.05) is 0 Å². The lowest BCUT2D eigenvalue weighted by atomic mass is 10.4. The van der Waals surface area contributed by atoms with E-state index < -0.39 is 6.17 Å². The molecule has 1 saturated carbocycles. The molecular formula is C9H13FN2O. The fraction of sp³-hybridized carbons (Fsp3) is 0.444. The zero-order valence-corrected chi connectivity index (χ0v) is 7.48. The second-order valence-electron chi connectivity index (χ2n) is 3.12. The SMILES string of the molecule is C/C(N)=C\C=C/N(C=O)[C@@H]1CC1F. The van der Waals surface area contributed by atoms with E-state index in [-0.39, 0.29) is 6.04 Å². The van der Waals surface area contributed by atoms with Gasteiger partial charge in [0.25, 0.3) is 0 Å². The molecule has 0 aliphatic heterocycles. The Balaban J connectivity index is 2.45. The van der Waals surface area contributed by atoms with Gasteiger partial charge in [-0.05, 0) is 19.1 Å². The highest BCUT2D eigenvalue weighted by atomic mass is 19.1. The van der Waals surface area contributed by atoms with E-state index >= 15 is 0 Å². The summed E-state index contributed by atoms with van der Waals surface area (Å²) < 4.78 is 12.5. The third-order valence-corrected chi connectivity index (χ3v) is 1.80. The zero-order chi connectivity index (χ0) is 9.84. The lowest BCUT2D eigenvalue weighted by molar-refractivity contribution is -0.116. The van der Waals surface area contributed by atoms with Gasteiger partial charge in [-0.25, -0.2) is 4.39 Å². The molecule has 0 saturated heterocycles. The zero-order valence-electron chi connectivity index (χ0n) is 7.48. The van der Waals surface area contributed by atoms with Gasteiger partial charge in [-0.3, -0.25) is 4.79 Å². The summed E-state index contributed by atoms with van der Waals surface area (Å²) in [5.41, 5.74) is 6.02. The van der Waals surface area contributed by atoms with Gasteiger partial charge in [0.15, 0.2) is 0 Å². The van der Waals surface area contributed by atoms with Gasteiger partial charge in [-0.15, -0.1) is 0 Å². The Kier molecular flexibility index (Phi) is 3.06. The minimum atomic E-state index is -0.863. The number of carbonyl (C=O) groups is 1. The van der Waals surface area contributed by atoms with Crippen LogP contribution in [0.25, 0.3) is 0 Å². The summed E-state index contributed by atoms with van der Waals surface area (Å²) in [5, 5.41) is 0. The summed E-state index contributed by atoms with van der Waals surface area (Å²) in [5.74, 6) is 0. The summed E-state index contributed by atoms with van der Waals surface area (Å²) in [4.78, 5) is 11.8. The minimum absolute atomic E-state index is 0.264. The van der Waals surface area contributed by atoms with Crippen LogP contribution in [0, 0.1) is 0 Å². The summed E-state index contributed by atoms with van der Waals surface area (Å²) in [6, 6.07) is -0.264. The van der Waals surface area contributed by atoms with Crippen molar-refractivity contribution < 1.29 is 9.18 Å². The van der Waals surface area contributed by atoms with Crippen molar-refractivity contribution in [3.05, 3.63) is 24.0 Å². The Labute approximate surface area is 76.7 Å². The van der Waals surface area contributed by atoms with E-state index in [4.69, 9.17) is 5.73 Å². The van der Waals surface area contributed by atoms with Gasteiger partial charge in [0.2, 0.25) is 6.41 Å². The first-order valence-corrected chi connectivity index (χ1v) is 4.12. The maximum Gasteiger partial charge on any atom is 0.214 e. The number of amides is 1. The number of hydrogen-bond acceptors (Lipinski definition) is 2. The maximum atomic E-state index is 12.5. The van der Waals surface area contributed by atoms with Crippen LogP contribution in [0.3, 0.4) is 0 Å². The summed E-state index contributed by atoms with van der Waals surface area (Å²) in [7, 11) is 0.